The van der Waals surface area contributed by atoms with Crippen LogP contribution in [0.15, 0.2) is 53.9 Å². The summed E-state index contributed by atoms with van der Waals surface area (Å²) in [6.45, 7) is 2.66. The Labute approximate surface area is 167 Å². The molecule has 3 aromatic rings. The van der Waals surface area contributed by atoms with E-state index in [-0.39, 0.29) is 18.4 Å². The second-order valence-electron chi connectivity index (χ2n) is 6.69. The van der Waals surface area contributed by atoms with E-state index < -0.39 is 0 Å². The summed E-state index contributed by atoms with van der Waals surface area (Å²) in [6, 6.07) is 15.2. The summed E-state index contributed by atoms with van der Waals surface area (Å²) in [5, 5.41) is 7.77. The number of anilines is 3. The Morgan fingerprint density at radius 3 is 2.86 bits per heavy atom. The van der Waals surface area contributed by atoms with Gasteiger partial charge in [0.2, 0.25) is 5.91 Å². The molecule has 0 bridgehead atoms. The zero-order chi connectivity index (χ0) is 19.5. The molecule has 0 saturated heterocycles. The third-order valence-electron chi connectivity index (χ3n) is 4.57. The molecule has 142 valence electrons. The molecule has 0 aliphatic carbocycles. The molecular formula is C21H20N4O2S. The number of amides is 3. The highest BCUT2D eigenvalue weighted by Crippen LogP contribution is 2.28. The molecule has 0 atom stereocenters. The number of aromatic nitrogens is 1. The summed E-state index contributed by atoms with van der Waals surface area (Å²) in [7, 11) is 0. The van der Waals surface area contributed by atoms with Crippen LogP contribution in [-0.2, 0) is 17.6 Å². The Bertz CT molecular complexity index is 1030. The maximum absolute atomic E-state index is 12.7. The second-order valence-corrected chi connectivity index (χ2v) is 7.55. The van der Waals surface area contributed by atoms with Crippen molar-refractivity contribution in [2.24, 2.45) is 0 Å². The molecule has 2 N–H and O–H groups in total. The predicted molar refractivity (Wildman–Crippen MR) is 112 cm³/mol. The van der Waals surface area contributed by atoms with Gasteiger partial charge in [-0.2, -0.15) is 0 Å². The van der Waals surface area contributed by atoms with Crippen LogP contribution in [0.4, 0.5) is 21.3 Å². The molecule has 0 unspecified atom stereocenters. The molecule has 1 aromatic heterocycles. The Kier molecular flexibility index (Phi) is 5.08. The van der Waals surface area contributed by atoms with Gasteiger partial charge in [0.25, 0.3) is 0 Å². The van der Waals surface area contributed by atoms with Crippen LogP contribution in [0.5, 0.6) is 0 Å². The van der Waals surface area contributed by atoms with E-state index in [4.69, 9.17) is 0 Å². The van der Waals surface area contributed by atoms with Crippen LogP contribution in [-0.4, -0.2) is 23.5 Å². The highest BCUT2D eigenvalue weighted by Gasteiger charge is 2.24. The molecule has 2 heterocycles. The number of urea groups is 1. The van der Waals surface area contributed by atoms with E-state index in [1.165, 1.54) is 16.9 Å². The number of aryl methyl sites for hydroxylation is 1. The van der Waals surface area contributed by atoms with Gasteiger partial charge in [0.15, 0.2) is 5.13 Å². The van der Waals surface area contributed by atoms with E-state index in [9.17, 15) is 9.59 Å². The van der Waals surface area contributed by atoms with Crippen LogP contribution < -0.4 is 15.5 Å². The summed E-state index contributed by atoms with van der Waals surface area (Å²) in [4.78, 5) is 31.0. The first-order valence-corrected chi connectivity index (χ1v) is 9.94. The smallest absolute Gasteiger partial charge is 0.311 e. The topological polar surface area (TPSA) is 74.3 Å². The first kappa shape index (κ1) is 18.2. The highest BCUT2D eigenvalue weighted by molar-refractivity contribution is 7.14. The van der Waals surface area contributed by atoms with Crippen LogP contribution >= 0.6 is 11.3 Å². The van der Waals surface area contributed by atoms with Gasteiger partial charge in [-0.25, -0.2) is 9.78 Å². The first-order valence-electron chi connectivity index (χ1n) is 9.06. The van der Waals surface area contributed by atoms with Crippen LogP contribution in [0.25, 0.3) is 0 Å². The van der Waals surface area contributed by atoms with Crippen molar-refractivity contribution in [2.45, 2.75) is 19.8 Å². The van der Waals surface area contributed by atoms with E-state index in [1.54, 1.807) is 0 Å². The lowest BCUT2D eigenvalue weighted by atomic mass is 10.2. The number of thiazole rings is 1. The van der Waals surface area contributed by atoms with Gasteiger partial charge >= 0.3 is 6.03 Å². The normalized spacial score (nSPS) is 12.5. The minimum Gasteiger partial charge on any atom is -0.311 e. The lowest BCUT2D eigenvalue weighted by molar-refractivity contribution is -0.117. The van der Waals surface area contributed by atoms with Crippen molar-refractivity contribution in [1.29, 1.82) is 0 Å². The van der Waals surface area contributed by atoms with Crippen molar-refractivity contribution >= 4 is 39.8 Å². The summed E-state index contributed by atoms with van der Waals surface area (Å²) >= 11 is 1.31. The molecular weight excluding hydrogens is 372 g/mol. The standard InChI is InChI=1S/C21H20N4O2S/c1-14-5-4-7-16(11-14)22-20(27)24-21-23-17(13-28-21)12-19(26)25-10-9-15-6-2-3-8-18(15)25/h2-8,11,13H,9-10,12H2,1H3,(H2,22,23,24,27). The van der Waals surface area contributed by atoms with Crippen molar-refractivity contribution in [1.82, 2.24) is 4.98 Å². The van der Waals surface area contributed by atoms with E-state index >= 15 is 0 Å². The first-order chi connectivity index (χ1) is 13.6. The lowest BCUT2D eigenvalue weighted by Crippen LogP contribution is -2.30. The minimum absolute atomic E-state index is 0.0195. The summed E-state index contributed by atoms with van der Waals surface area (Å²) in [6.07, 6.45) is 1.09. The van der Waals surface area contributed by atoms with Gasteiger partial charge in [0, 0.05) is 23.3 Å². The van der Waals surface area contributed by atoms with Gasteiger partial charge in [-0.15, -0.1) is 11.3 Å². The number of hydrogen-bond acceptors (Lipinski definition) is 4. The Balaban J connectivity index is 1.35. The number of nitrogens with one attached hydrogen (secondary N) is 2. The number of nitrogens with zero attached hydrogens (tertiary/aromatic N) is 2. The third kappa shape index (κ3) is 4.04. The maximum Gasteiger partial charge on any atom is 0.325 e. The predicted octanol–water partition coefficient (Wildman–Crippen LogP) is 4.23. The number of rotatable bonds is 4. The Morgan fingerprint density at radius 1 is 1.14 bits per heavy atom. The minimum atomic E-state index is -0.355. The lowest BCUT2D eigenvalue weighted by Gasteiger charge is -2.16. The number of benzene rings is 2. The van der Waals surface area contributed by atoms with Crippen LogP contribution in [0.3, 0.4) is 0 Å². The van der Waals surface area contributed by atoms with Gasteiger partial charge < -0.3 is 10.2 Å². The highest BCUT2D eigenvalue weighted by atomic mass is 32.1. The number of carbonyl (C=O) groups excluding carboxylic acids is 2. The number of para-hydroxylation sites is 1. The maximum atomic E-state index is 12.7. The largest absolute Gasteiger partial charge is 0.325 e. The molecule has 0 saturated carbocycles. The zero-order valence-electron chi connectivity index (χ0n) is 15.4. The Morgan fingerprint density at radius 2 is 2.00 bits per heavy atom. The fourth-order valence-corrected chi connectivity index (χ4v) is 3.98. The van der Waals surface area contributed by atoms with Crippen molar-refractivity contribution in [3.05, 3.63) is 70.7 Å². The van der Waals surface area contributed by atoms with Gasteiger partial charge in [-0.3, -0.25) is 10.1 Å². The summed E-state index contributed by atoms with van der Waals surface area (Å²) in [5.74, 6) is 0.0195. The second kappa shape index (κ2) is 7.82. The Hall–Kier alpha value is -3.19. The zero-order valence-corrected chi connectivity index (χ0v) is 16.3. The third-order valence-corrected chi connectivity index (χ3v) is 5.38. The molecule has 2 aromatic carbocycles. The fraction of sp³-hybridized carbons (Fsp3) is 0.190. The van der Waals surface area contributed by atoms with Gasteiger partial charge in [0.05, 0.1) is 12.1 Å². The van der Waals surface area contributed by atoms with Gasteiger partial charge in [-0.05, 0) is 42.7 Å². The number of fused-ring (bicyclic) bond motifs is 1. The number of hydrogen-bond donors (Lipinski definition) is 2. The van der Waals surface area contributed by atoms with Crippen molar-refractivity contribution in [3.63, 3.8) is 0 Å². The summed E-state index contributed by atoms with van der Waals surface area (Å²) in [5.41, 5.74) is 4.63. The van der Waals surface area contributed by atoms with Crippen molar-refractivity contribution in [3.8, 4) is 0 Å². The SMILES string of the molecule is Cc1cccc(NC(=O)Nc2nc(CC(=O)N3CCc4ccccc43)cs2)c1. The molecule has 7 heteroatoms. The molecule has 4 rings (SSSR count). The van der Waals surface area contributed by atoms with E-state index in [1.807, 2.05) is 59.7 Å². The molecule has 3 amide bonds. The molecule has 0 fully saturated rings. The molecule has 6 nitrogen and oxygen atoms in total. The van der Waals surface area contributed by atoms with Gasteiger partial charge in [-0.1, -0.05) is 30.3 Å². The van der Waals surface area contributed by atoms with Gasteiger partial charge in [0.1, 0.15) is 0 Å². The van der Waals surface area contributed by atoms with Crippen LogP contribution in [0.1, 0.15) is 16.8 Å². The summed E-state index contributed by atoms with van der Waals surface area (Å²) < 4.78 is 0. The van der Waals surface area contributed by atoms with Crippen molar-refractivity contribution in [2.75, 3.05) is 22.1 Å². The van der Waals surface area contributed by atoms with Crippen LogP contribution in [0, 0.1) is 6.92 Å². The number of carbonyl (C=O) groups is 2. The van der Waals surface area contributed by atoms with Crippen LogP contribution in [0.2, 0.25) is 0 Å². The molecule has 28 heavy (non-hydrogen) atoms. The monoisotopic (exact) mass is 392 g/mol. The molecule has 1 aliphatic rings. The molecule has 1 aliphatic heterocycles. The quantitative estimate of drug-likeness (QED) is 0.698. The molecule has 0 radical (unpaired) electrons. The molecule has 0 spiro atoms. The van der Waals surface area contributed by atoms with E-state index in [0.29, 0.717) is 17.4 Å². The fourth-order valence-electron chi connectivity index (χ4n) is 3.28. The van der Waals surface area contributed by atoms with E-state index in [0.717, 1.165) is 23.4 Å². The van der Waals surface area contributed by atoms with Crippen molar-refractivity contribution < 1.29 is 9.59 Å². The van der Waals surface area contributed by atoms with E-state index in [2.05, 4.69) is 21.7 Å². The average molecular weight is 392 g/mol. The average Bonchev–Trinajstić information content (AvgIpc) is 3.28.